The van der Waals surface area contributed by atoms with Crippen LogP contribution >= 0.6 is 0 Å². The lowest BCUT2D eigenvalue weighted by Crippen LogP contribution is -2.26. The molecular formula is C14H13F3N4O3S. The summed E-state index contributed by atoms with van der Waals surface area (Å²) >= 11 is 0. The molecule has 11 heteroatoms. The SMILES string of the molecule is O=C(CC1C=CS(=O)(=O)C1)NCc1nnc2ccc(C(F)(F)F)cn12. The quantitative estimate of drug-likeness (QED) is 0.871. The molecule has 1 atom stereocenters. The smallest absolute Gasteiger partial charge is 0.349 e. The lowest BCUT2D eigenvalue weighted by Gasteiger charge is -2.09. The van der Waals surface area contributed by atoms with E-state index in [0.717, 1.165) is 22.1 Å². The molecule has 3 heterocycles. The van der Waals surface area contributed by atoms with Gasteiger partial charge in [-0.25, -0.2) is 8.42 Å². The maximum atomic E-state index is 12.8. The minimum atomic E-state index is -4.50. The van der Waals surface area contributed by atoms with Crippen molar-refractivity contribution in [2.24, 2.45) is 5.92 Å². The van der Waals surface area contributed by atoms with Gasteiger partial charge in [0.25, 0.3) is 0 Å². The topological polar surface area (TPSA) is 93.4 Å². The van der Waals surface area contributed by atoms with Crippen molar-refractivity contribution in [3.05, 3.63) is 41.2 Å². The van der Waals surface area contributed by atoms with Gasteiger partial charge in [0.2, 0.25) is 5.91 Å². The van der Waals surface area contributed by atoms with Crippen molar-refractivity contribution >= 4 is 21.4 Å². The molecule has 0 aromatic carbocycles. The molecule has 0 saturated heterocycles. The second-order valence-corrected chi connectivity index (χ2v) is 7.59. The second-order valence-electron chi connectivity index (χ2n) is 5.66. The fraction of sp³-hybridized carbons (Fsp3) is 0.357. The van der Waals surface area contributed by atoms with Gasteiger partial charge in [0.1, 0.15) is 0 Å². The molecule has 0 fully saturated rings. The molecular weight excluding hydrogens is 361 g/mol. The van der Waals surface area contributed by atoms with Gasteiger partial charge in [-0.2, -0.15) is 13.2 Å². The fourth-order valence-corrected chi connectivity index (χ4v) is 3.88. The summed E-state index contributed by atoms with van der Waals surface area (Å²) in [7, 11) is -3.24. The minimum absolute atomic E-state index is 0.0275. The van der Waals surface area contributed by atoms with Crippen LogP contribution in [-0.2, 0) is 27.4 Å². The monoisotopic (exact) mass is 374 g/mol. The number of hydrogen-bond donors (Lipinski definition) is 1. The number of halogens is 3. The van der Waals surface area contributed by atoms with Crippen LogP contribution < -0.4 is 5.32 Å². The zero-order valence-electron chi connectivity index (χ0n) is 12.7. The Labute approximate surface area is 140 Å². The van der Waals surface area contributed by atoms with Crippen LogP contribution in [0.2, 0.25) is 0 Å². The van der Waals surface area contributed by atoms with Gasteiger partial charge in [0.15, 0.2) is 21.3 Å². The average Bonchev–Trinajstić information content (AvgIpc) is 3.06. The fourth-order valence-electron chi connectivity index (χ4n) is 2.48. The predicted molar refractivity (Wildman–Crippen MR) is 80.9 cm³/mol. The van der Waals surface area contributed by atoms with E-state index in [0.29, 0.717) is 0 Å². The number of amides is 1. The summed E-state index contributed by atoms with van der Waals surface area (Å²) < 4.78 is 62.1. The van der Waals surface area contributed by atoms with Crippen molar-refractivity contribution in [1.29, 1.82) is 0 Å². The first-order chi connectivity index (χ1) is 11.6. The highest BCUT2D eigenvalue weighted by molar-refractivity contribution is 7.94. The normalized spacial score (nSPS) is 19.4. The molecule has 2 aromatic heterocycles. The molecule has 0 radical (unpaired) electrons. The second kappa shape index (κ2) is 6.14. The third-order valence-electron chi connectivity index (χ3n) is 3.70. The van der Waals surface area contributed by atoms with Gasteiger partial charge in [0.05, 0.1) is 17.9 Å². The summed E-state index contributed by atoms with van der Waals surface area (Å²) in [6.07, 6.45) is -2.21. The number of pyridine rings is 1. The Morgan fingerprint density at radius 2 is 2.08 bits per heavy atom. The third kappa shape index (κ3) is 3.98. The number of carbonyl (C=O) groups is 1. The summed E-state index contributed by atoms with van der Waals surface area (Å²) in [5, 5.41) is 11.1. The maximum absolute atomic E-state index is 12.8. The number of sulfone groups is 1. The maximum Gasteiger partial charge on any atom is 0.417 e. The van der Waals surface area contributed by atoms with E-state index in [1.165, 1.54) is 12.1 Å². The van der Waals surface area contributed by atoms with Crippen molar-refractivity contribution in [3.8, 4) is 0 Å². The van der Waals surface area contributed by atoms with Crippen LogP contribution in [0.4, 0.5) is 13.2 Å². The number of nitrogens with one attached hydrogen (secondary N) is 1. The lowest BCUT2D eigenvalue weighted by molar-refractivity contribution is -0.137. The number of alkyl halides is 3. The van der Waals surface area contributed by atoms with E-state index >= 15 is 0 Å². The molecule has 3 rings (SSSR count). The van der Waals surface area contributed by atoms with Gasteiger partial charge in [-0.15, -0.1) is 10.2 Å². The Morgan fingerprint density at radius 1 is 1.32 bits per heavy atom. The highest BCUT2D eigenvalue weighted by Crippen LogP contribution is 2.29. The van der Waals surface area contributed by atoms with Gasteiger partial charge in [-0.3, -0.25) is 9.20 Å². The van der Waals surface area contributed by atoms with Crippen LogP contribution in [0, 0.1) is 5.92 Å². The van der Waals surface area contributed by atoms with Gasteiger partial charge in [0, 0.05) is 23.9 Å². The minimum Gasteiger partial charge on any atom is -0.349 e. The molecule has 1 aliphatic rings. The number of rotatable bonds is 4. The van der Waals surface area contributed by atoms with Crippen molar-refractivity contribution in [2.45, 2.75) is 19.1 Å². The van der Waals surface area contributed by atoms with E-state index in [1.54, 1.807) is 0 Å². The van der Waals surface area contributed by atoms with Crippen LogP contribution in [0.25, 0.3) is 5.65 Å². The first kappa shape index (κ1) is 17.4. The van der Waals surface area contributed by atoms with Crippen LogP contribution in [0.3, 0.4) is 0 Å². The number of fused-ring (bicyclic) bond motifs is 1. The van der Waals surface area contributed by atoms with Gasteiger partial charge < -0.3 is 5.32 Å². The van der Waals surface area contributed by atoms with Crippen LogP contribution in [0.15, 0.2) is 29.8 Å². The first-order valence-electron chi connectivity index (χ1n) is 7.22. The molecule has 7 nitrogen and oxygen atoms in total. The number of hydrogen-bond acceptors (Lipinski definition) is 5. The lowest BCUT2D eigenvalue weighted by atomic mass is 10.1. The van der Waals surface area contributed by atoms with Crippen molar-refractivity contribution < 1.29 is 26.4 Å². The standard InChI is InChI=1S/C14H13F3N4O3S/c15-14(16,17)10-1-2-11-19-20-12(21(11)7-10)6-18-13(22)5-9-3-4-25(23,24)8-9/h1-4,7,9H,5-6,8H2,(H,18,22). The third-order valence-corrected chi connectivity index (χ3v) is 5.16. The summed E-state index contributed by atoms with van der Waals surface area (Å²) in [6.45, 7) is -0.121. The summed E-state index contributed by atoms with van der Waals surface area (Å²) in [6, 6.07) is 2.09. The van der Waals surface area contributed by atoms with E-state index in [1.807, 2.05) is 0 Å². The zero-order chi connectivity index (χ0) is 18.2. The summed E-state index contributed by atoms with van der Waals surface area (Å²) in [4.78, 5) is 11.9. The molecule has 134 valence electrons. The van der Waals surface area contributed by atoms with Crippen LogP contribution in [-0.4, -0.2) is 34.7 Å². The number of carbonyl (C=O) groups excluding carboxylic acids is 1. The van der Waals surface area contributed by atoms with Crippen LogP contribution in [0.5, 0.6) is 0 Å². The van der Waals surface area contributed by atoms with E-state index in [4.69, 9.17) is 0 Å². The summed E-state index contributed by atoms with van der Waals surface area (Å²) in [5.74, 6) is -0.806. The van der Waals surface area contributed by atoms with E-state index in [-0.39, 0.29) is 30.2 Å². The zero-order valence-corrected chi connectivity index (χ0v) is 13.5. The highest BCUT2D eigenvalue weighted by atomic mass is 32.2. The summed E-state index contributed by atoms with van der Waals surface area (Å²) in [5.41, 5.74) is -0.629. The van der Waals surface area contributed by atoms with Crippen molar-refractivity contribution in [1.82, 2.24) is 19.9 Å². The molecule has 1 aliphatic heterocycles. The highest BCUT2D eigenvalue weighted by Gasteiger charge is 2.31. The van der Waals surface area contributed by atoms with Crippen molar-refractivity contribution in [3.63, 3.8) is 0 Å². The average molecular weight is 374 g/mol. The van der Waals surface area contributed by atoms with E-state index in [9.17, 15) is 26.4 Å². The van der Waals surface area contributed by atoms with Crippen molar-refractivity contribution in [2.75, 3.05) is 5.75 Å². The van der Waals surface area contributed by atoms with E-state index < -0.39 is 33.4 Å². The molecule has 0 aliphatic carbocycles. The molecule has 0 spiro atoms. The molecule has 0 saturated carbocycles. The molecule has 0 bridgehead atoms. The largest absolute Gasteiger partial charge is 0.417 e. The number of allylic oxidation sites excluding steroid dienone is 1. The predicted octanol–water partition coefficient (Wildman–Crippen LogP) is 1.31. The Morgan fingerprint density at radius 3 is 2.72 bits per heavy atom. The molecule has 2 aromatic rings. The Kier molecular flexibility index (Phi) is 4.27. The van der Waals surface area contributed by atoms with E-state index in [2.05, 4.69) is 15.5 Å². The molecule has 1 amide bonds. The van der Waals surface area contributed by atoms with Gasteiger partial charge >= 0.3 is 6.18 Å². The Hall–Kier alpha value is -2.43. The van der Waals surface area contributed by atoms with Crippen LogP contribution in [0.1, 0.15) is 17.8 Å². The number of aromatic nitrogens is 3. The molecule has 1 unspecified atom stereocenters. The van der Waals surface area contributed by atoms with Gasteiger partial charge in [-0.05, 0) is 12.1 Å². The molecule has 1 N–H and O–H groups in total. The first-order valence-corrected chi connectivity index (χ1v) is 8.94. The van der Waals surface area contributed by atoms with Gasteiger partial charge in [-0.1, -0.05) is 6.08 Å². The number of nitrogens with zero attached hydrogens (tertiary/aromatic N) is 3. The Balaban J connectivity index is 1.67. The molecule has 25 heavy (non-hydrogen) atoms. The Bertz CT molecular complexity index is 950.